The second-order valence-corrected chi connectivity index (χ2v) is 6.51. The number of benzene rings is 1. The molecule has 2 heterocycles. The van der Waals surface area contributed by atoms with Crippen molar-refractivity contribution in [2.75, 3.05) is 44.2 Å². The lowest BCUT2D eigenvalue weighted by atomic mass is 10.1. The fraction of sp³-hybridized carbons (Fsp3) is 0.450. The Balaban J connectivity index is 1.48. The summed E-state index contributed by atoms with van der Waals surface area (Å²) in [7, 11) is 0. The summed E-state index contributed by atoms with van der Waals surface area (Å²) in [6, 6.07) is 12.0. The predicted molar refractivity (Wildman–Crippen MR) is 103 cm³/mol. The maximum Gasteiger partial charge on any atom is 0.270 e. The highest BCUT2D eigenvalue weighted by atomic mass is 16.1. The molecule has 0 saturated carbocycles. The number of likely N-dealkylation sites (N-methyl/N-ethyl adjacent to an activating group) is 1. The van der Waals surface area contributed by atoms with E-state index in [0.717, 1.165) is 45.6 Å². The molecule has 0 bridgehead atoms. The number of hydrogen-bond acceptors (Lipinski definition) is 5. The van der Waals surface area contributed by atoms with Crippen molar-refractivity contribution in [2.24, 2.45) is 0 Å². The van der Waals surface area contributed by atoms with Gasteiger partial charge in [-0.1, -0.05) is 37.3 Å². The summed E-state index contributed by atoms with van der Waals surface area (Å²) < 4.78 is 0. The summed E-state index contributed by atoms with van der Waals surface area (Å²) in [4.78, 5) is 25.7. The summed E-state index contributed by atoms with van der Waals surface area (Å²) in [5.74, 6) is 0.520. The molecule has 2 aromatic rings. The van der Waals surface area contributed by atoms with Gasteiger partial charge in [0.25, 0.3) is 5.91 Å². The van der Waals surface area contributed by atoms with Gasteiger partial charge in [0.05, 0.1) is 0 Å². The van der Waals surface area contributed by atoms with Crippen molar-refractivity contribution >= 4 is 11.9 Å². The van der Waals surface area contributed by atoms with Gasteiger partial charge in [0, 0.05) is 38.9 Å². The van der Waals surface area contributed by atoms with Crippen molar-refractivity contribution in [2.45, 2.75) is 19.8 Å². The van der Waals surface area contributed by atoms with Crippen molar-refractivity contribution in [1.29, 1.82) is 0 Å². The minimum Gasteiger partial charge on any atom is -0.351 e. The quantitative estimate of drug-likeness (QED) is 0.771. The molecule has 6 nitrogen and oxygen atoms in total. The molecule has 3 rings (SSSR count). The number of carbonyl (C=O) groups excluding carboxylic acids is 1. The van der Waals surface area contributed by atoms with E-state index in [-0.39, 0.29) is 5.91 Å². The molecule has 1 fully saturated rings. The van der Waals surface area contributed by atoms with E-state index in [0.29, 0.717) is 18.2 Å². The lowest BCUT2D eigenvalue weighted by Gasteiger charge is -2.34. The van der Waals surface area contributed by atoms with Crippen LogP contribution in [-0.4, -0.2) is 60.0 Å². The van der Waals surface area contributed by atoms with Crippen LogP contribution in [0.3, 0.4) is 0 Å². The van der Waals surface area contributed by atoms with E-state index >= 15 is 0 Å². The third-order valence-corrected chi connectivity index (χ3v) is 4.75. The van der Waals surface area contributed by atoms with Gasteiger partial charge in [0.1, 0.15) is 5.69 Å². The molecule has 1 aromatic carbocycles. The Bertz CT molecular complexity index is 698. The molecular weight excluding hydrogens is 326 g/mol. The zero-order chi connectivity index (χ0) is 18.2. The average molecular weight is 353 g/mol. The number of carbonyl (C=O) groups is 1. The third-order valence-electron chi connectivity index (χ3n) is 4.75. The second-order valence-electron chi connectivity index (χ2n) is 6.51. The smallest absolute Gasteiger partial charge is 0.270 e. The number of rotatable bonds is 7. The summed E-state index contributed by atoms with van der Waals surface area (Å²) in [6.45, 7) is 7.70. The van der Waals surface area contributed by atoms with Gasteiger partial charge in [-0.2, -0.15) is 0 Å². The van der Waals surface area contributed by atoms with E-state index in [1.54, 1.807) is 12.3 Å². The number of nitrogens with zero attached hydrogens (tertiary/aromatic N) is 4. The van der Waals surface area contributed by atoms with Crippen LogP contribution in [0.5, 0.6) is 0 Å². The number of anilines is 1. The molecule has 6 heteroatoms. The van der Waals surface area contributed by atoms with E-state index in [9.17, 15) is 4.79 Å². The van der Waals surface area contributed by atoms with Crippen LogP contribution in [0.4, 0.5) is 5.95 Å². The first-order valence-electron chi connectivity index (χ1n) is 9.38. The van der Waals surface area contributed by atoms with E-state index in [4.69, 9.17) is 0 Å². The lowest BCUT2D eigenvalue weighted by molar-refractivity contribution is 0.0948. The van der Waals surface area contributed by atoms with Crippen LogP contribution < -0.4 is 10.2 Å². The monoisotopic (exact) mass is 353 g/mol. The van der Waals surface area contributed by atoms with Gasteiger partial charge >= 0.3 is 0 Å². The summed E-state index contributed by atoms with van der Waals surface area (Å²) in [6.07, 6.45) is 3.54. The van der Waals surface area contributed by atoms with Crippen LogP contribution in [-0.2, 0) is 6.42 Å². The Morgan fingerprint density at radius 2 is 1.88 bits per heavy atom. The van der Waals surface area contributed by atoms with Gasteiger partial charge < -0.3 is 15.1 Å². The van der Waals surface area contributed by atoms with E-state index in [1.165, 1.54) is 5.56 Å². The van der Waals surface area contributed by atoms with Gasteiger partial charge in [-0.3, -0.25) is 4.79 Å². The van der Waals surface area contributed by atoms with Gasteiger partial charge in [-0.25, -0.2) is 9.97 Å². The molecule has 1 aromatic heterocycles. The molecule has 1 aliphatic heterocycles. The average Bonchev–Trinajstić information content (AvgIpc) is 2.72. The predicted octanol–water partition coefficient (Wildman–Crippen LogP) is 1.98. The van der Waals surface area contributed by atoms with Crippen LogP contribution in [0, 0.1) is 0 Å². The molecule has 0 atom stereocenters. The van der Waals surface area contributed by atoms with E-state index in [2.05, 4.69) is 44.1 Å². The van der Waals surface area contributed by atoms with Gasteiger partial charge in [-0.15, -0.1) is 0 Å². The van der Waals surface area contributed by atoms with Crippen molar-refractivity contribution < 1.29 is 4.79 Å². The zero-order valence-electron chi connectivity index (χ0n) is 15.4. The molecular formula is C20H27N5O. The highest BCUT2D eigenvalue weighted by Crippen LogP contribution is 2.11. The largest absolute Gasteiger partial charge is 0.351 e. The molecule has 1 saturated heterocycles. The molecule has 0 spiro atoms. The molecule has 0 unspecified atom stereocenters. The Kier molecular flexibility index (Phi) is 6.55. The first-order valence-corrected chi connectivity index (χ1v) is 9.38. The Labute approximate surface area is 155 Å². The van der Waals surface area contributed by atoms with Gasteiger partial charge in [0.15, 0.2) is 0 Å². The highest BCUT2D eigenvalue weighted by molar-refractivity contribution is 5.92. The molecule has 1 amide bonds. The number of aromatic nitrogens is 2. The third kappa shape index (κ3) is 5.02. The fourth-order valence-corrected chi connectivity index (χ4v) is 3.12. The van der Waals surface area contributed by atoms with E-state index in [1.807, 2.05) is 18.2 Å². The standard InChI is InChI=1S/C20H27N5O/c1-2-24-13-15-25(16-14-24)20-22-12-10-18(23-20)19(26)21-11-6-9-17-7-4-3-5-8-17/h3-5,7-8,10,12H,2,6,9,11,13-16H2,1H3,(H,21,26). The number of amides is 1. The van der Waals surface area contributed by atoms with Crippen LogP contribution in [0.25, 0.3) is 0 Å². The number of hydrogen-bond donors (Lipinski definition) is 1. The van der Waals surface area contributed by atoms with Crippen LogP contribution in [0.2, 0.25) is 0 Å². The molecule has 1 N–H and O–H groups in total. The number of piperazine rings is 1. The summed E-state index contributed by atoms with van der Waals surface area (Å²) in [5, 5.41) is 2.96. The van der Waals surface area contributed by atoms with Crippen molar-refractivity contribution in [3.63, 3.8) is 0 Å². The molecule has 0 radical (unpaired) electrons. The molecule has 138 valence electrons. The van der Waals surface area contributed by atoms with Crippen molar-refractivity contribution in [3.05, 3.63) is 53.9 Å². The highest BCUT2D eigenvalue weighted by Gasteiger charge is 2.19. The maximum absolute atomic E-state index is 12.4. The van der Waals surface area contributed by atoms with Crippen molar-refractivity contribution in [1.82, 2.24) is 20.2 Å². The molecule has 0 aliphatic carbocycles. The minimum atomic E-state index is -0.131. The van der Waals surface area contributed by atoms with Crippen LogP contribution in [0.15, 0.2) is 42.6 Å². The second kappa shape index (κ2) is 9.29. The Hall–Kier alpha value is -2.47. The topological polar surface area (TPSA) is 61.4 Å². The molecule has 1 aliphatic rings. The zero-order valence-corrected chi connectivity index (χ0v) is 15.4. The lowest BCUT2D eigenvalue weighted by Crippen LogP contribution is -2.46. The van der Waals surface area contributed by atoms with Gasteiger partial charge in [-0.05, 0) is 31.0 Å². The van der Waals surface area contributed by atoms with E-state index < -0.39 is 0 Å². The first-order chi connectivity index (χ1) is 12.8. The molecule has 26 heavy (non-hydrogen) atoms. The van der Waals surface area contributed by atoms with Crippen LogP contribution >= 0.6 is 0 Å². The van der Waals surface area contributed by atoms with Crippen LogP contribution in [0.1, 0.15) is 29.4 Å². The maximum atomic E-state index is 12.4. The Morgan fingerprint density at radius 3 is 2.62 bits per heavy atom. The van der Waals surface area contributed by atoms with Gasteiger partial charge in [0.2, 0.25) is 5.95 Å². The van der Waals surface area contributed by atoms with Crippen molar-refractivity contribution in [3.8, 4) is 0 Å². The summed E-state index contributed by atoms with van der Waals surface area (Å²) in [5.41, 5.74) is 1.73. The minimum absolute atomic E-state index is 0.131. The first kappa shape index (κ1) is 18.3. The number of nitrogens with one attached hydrogen (secondary N) is 1. The SMILES string of the molecule is CCN1CCN(c2nccc(C(=O)NCCCc3ccccc3)n2)CC1. The number of aryl methyl sites for hydroxylation is 1. The Morgan fingerprint density at radius 1 is 1.12 bits per heavy atom. The fourth-order valence-electron chi connectivity index (χ4n) is 3.12. The normalized spacial score (nSPS) is 15.0. The summed E-state index contributed by atoms with van der Waals surface area (Å²) >= 11 is 0.